The predicted octanol–water partition coefficient (Wildman–Crippen LogP) is 2.84. The van der Waals surface area contributed by atoms with Gasteiger partial charge >= 0.3 is 0 Å². The molecule has 1 atom stereocenters. The molecule has 1 saturated heterocycles. The van der Waals surface area contributed by atoms with Crippen LogP contribution in [0, 0.1) is 0 Å². The van der Waals surface area contributed by atoms with Crippen molar-refractivity contribution in [1.29, 1.82) is 0 Å². The smallest absolute Gasteiger partial charge is 0.135 e. The summed E-state index contributed by atoms with van der Waals surface area (Å²) in [6.07, 6.45) is 0.978. The molecule has 1 fully saturated rings. The van der Waals surface area contributed by atoms with Gasteiger partial charge in [-0.15, -0.1) is 0 Å². The monoisotopic (exact) mass is 255 g/mol. The van der Waals surface area contributed by atoms with Gasteiger partial charge in [-0.3, -0.25) is 0 Å². The number of nitrogens with zero attached hydrogens (tertiary/aromatic N) is 2. The molecule has 1 aromatic heterocycles. The molecule has 2 rings (SSSR count). The number of hydrogen-bond donors (Lipinski definition) is 1. The largest absolute Gasteiger partial charge is 0.379 e. The van der Waals surface area contributed by atoms with Crippen molar-refractivity contribution < 1.29 is 4.74 Å². The minimum absolute atomic E-state index is 0.0497. The van der Waals surface area contributed by atoms with Crippen LogP contribution in [0.25, 0.3) is 0 Å². The molecule has 94 valence electrons. The summed E-state index contributed by atoms with van der Waals surface area (Å²) in [4.78, 5) is 8.69. The van der Waals surface area contributed by atoms with E-state index in [4.69, 9.17) is 16.3 Å². The number of anilines is 1. The normalized spacial score (nSPS) is 24.3. The van der Waals surface area contributed by atoms with Crippen molar-refractivity contribution in [2.45, 2.75) is 38.6 Å². The number of nitrogens with one attached hydrogen (secondary N) is 1. The molecule has 1 aliphatic heterocycles. The van der Waals surface area contributed by atoms with Crippen LogP contribution in [0.4, 0.5) is 5.82 Å². The molecule has 0 saturated carbocycles. The van der Waals surface area contributed by atoms with Gasteiger partial charge in [0.1, 0.15) is 16.8 Å². The van der Waals surface area contributed by atoms with Crippen molar-refractivity contribution >= 4 is 17.4 Å². The molecule has 0 spiro atoms. The van der Waals surface area contributed by atoms with E-state index < -0.39 is 0 Å². The summed E-state index contributed by atoms with van der Waals surface area (Å²) in [6.45, 7) is 7.72. The van der Waals surface area contributed by atoms with Crippen molar-refractivity contribution in [3.63, 3.8) is 0 Å². The second-order valence-electron chi connectivity index (χ2n) is 5.08. The fourth-order valence-corrected chi connectivity index (χ4v) is 2.02. The molecule has 17 heavy (non-hydrogen) atoms. The highest BCUT2D eigenvalue weighted by molar-refractivity contribution is 6.29. The Morgan fingerprint density at radius 1 is 1.47 bits per heavy atom. The minimum Gasteiger partial charge on any atom is -0.379 e. The summed E-state index contributed by atoms with van der Waals surface area (Å²) in [7, 11) is 0. The Labute approximate surface area is 107 Å². The second-order valence-corrected chi connectivity index (χ2v) is 5.46. The van der Waals surface area contributed by atoms with E-state index in [-0.39, 0.29) is 11.5 Å². The molecule has 0 aromatic carbocycles. The van der Waals surface area contributed by atoms with Gasteiger partial charge in [0.15, 0.2) is 0 Å². The van der Waals surface area contributed by atoms with Crippen LogP contribution in [-0.2, 0) is 4.74 Å². The average molecular weight is 256 g/mol. The maximum atomic E-state index is 6.00. The van der Waals surface area contributed by atoms with Gasteiger partial charge in [0.05, 0.1) is 12.1 Å². The standard InChI is InChI=1S/C12H18ClN3O/c1-8(2)11-14-9(13)6-10(15-11)16-12(3)4-5-17-7-12/h6,8H,4-5,7H2,1-3H3,(H,14,15,16). The number of halogens is 1. The van der Waals surface area contributed by atoms with Crippen LogP contribution in [0.1, 0.15) is 38.9 Å². The summed E-state index contributed by atoms with van der Waals surface area (Å²) in [5, 5.41) is 3.87. The van der Waals surface area contributed by atoms with E-state index in [0.29, 0.717) is 11.8 Å². The Morgan fingerprint density at radius 2 is 2.24 bits per heavy atom. The molecule has 1 unspecified atom stereocenters. The maximum Gasteiger partial charge on any atom is 0.135 e. The molecule has 1 N–H and O–H groups in total. The third kappa shape index (κ3) is 3.07. The van der Waals surface area contributed by atoms with E-state index in [1.165, 1.54) is 0 Å². The lowest BCUT2D eigenvalue weighted by Crippen LogP contribution is -2.35. The number of ether oxygens (including phenoxy) is 1. The zero-order valence-corrected chi connectivity index (χ0v) is 11.2. The van der Waals surface area contributed by atoms with Crippen LogP contribution in [0.2, 0.25) is 5.15 Å². The lowest BCUT2D eigenvalue weighted by Gasteiger charge is -2.24. The van der Waals surface area contributed by atoms with E-state index in [1.807, 2.05) is 0 Å². The molecular weight excluding hydrogens is 238 g/mol. The molecule has 0 radical (unpaired) electrons. The van der Waals surface area contributed by atoms with Crippen molar-refractivity contribution in [2.75, 3.05) is 18.5 Å². The predicted molar refractivity (Wildman–Crippen MR) is 68.6 cm³/mol. The van der Waals surface area contributed by atoms with Crippen LogP contribution < -0.4 is 5.32 Å². The highest BCUT2D eigenvalue weighted by atomic mass is 35.5. The quantitative estimate of drug-likeness (QED) is 0.844. The first-order valence-electron chi connectivity index (χ1n) is 5.89. The Morgan fingerprint density at radius 3 is 2.82 bits per heavy atom. The minimum atomic E-state index is -0.0497. The number of aromatic nitrogens is 2. The summed E-state index contributed by atoms with van der Waals surface area (Å²) < 4.78 is 5.40. The highest BCUT2D eigenvalue weighted by Crippen LogP contribution is 2.25. The zero-order valence-electron chi connectivity index (χ0n) is 10.5. The molecule has 2 heterocycles. The van der Waals surface area contributed by atoms with Crippen LogP contribution in [0.5, 0.6) is 0 Å². The Hall–Kier alpha value is -0.870. The molecular formula is C12H18ClN3O. The third-order valence-electron chi connectivity index (χ3n) is 2.88. The van der Waals surface area contributed by atoms with Gasteiger partial charge in [0.25, 0.3) is 0 Å². The van der Waals surface area contributed by atoms with Gasteiger partial charge in [0, 0.05) is 18.6 Å². The fraction of sp³-hybridized carbons (Fsp3) is 0.667. The number of rotatable bonds is 3. The summed E-state index contributed by atoms with van der Waals surface area (Å²) in [6, 6.07) is 1.76. The molecule has 1 aliphatic rings. The highest BCUT2D eigenvalue weighted by Gasteiger charge is 2.30. The zero-order chi connectivity index (χ0) is 12.5. The molecule has 0 amide bonds. The van der Waals surface area contributed by atoms with Crippen molar-refractivity contribution in [1.82, 2.24) is 9.97 Å². The first-order chi connectivity index (χ1) is 7.98. The lowest BCUT2D eigenvalue weighted by atomic mass is 10.0. The lowest BCUT2D eigenvalue weighted by molar-refractivity contribution is 0.185. The fourth-order valence-electron chi connectivity index (χ4n) is 1.83. The van der Waals surface area contributed by atoms with Gasteiger partial charge in [-0.1, -0.05) is 25.4 Å². The van der Waals surface area contributed by atoms with Gasteiger partial charge in [-0.2, -0.15) is 0 Å². The van der Waals surface area contributed by atoms with Gasteiger partial charge in [-0.05, 0) is 13.3 Å². The van der Waals surface area contributed by atoms with Crippen molar-refractivity contribution in [3.05, 3.63) is 17.0 Å². The third-order valence-corrected chi connectivity index (χ3v) is 3.07. The summed E-state index contributed by atoms with van der Waals surface area (Å²) in [5.74, 6) is 1.81. The Bertz CT molecular complexity index is 403. The maximum absolute atomic E-state index is 6.00. The van der Waals surface area contributed by atoms with Crippen LogP contribution in [0.3, 0.4) is 0 Å². The van der Waals surface area contributed by atoms with Crippen LogP contribution >= 0.6 is 11.6 Å². The SMILES string of the molecule is CC(C)c1nc(Cl)cc(NC2(C)CCOC2)n1. The first kappa shape index (κ1) is 12.6. The molecule has 5 heteroatoms. The molecule has 4 nitrogen and oxygen atoms in total. The number of hydrogen-bond acceptors (Lipinski definition) is 4. The van der Waals surface area contributed by atoms with Gasteiger partial charge in [-0.25, -0.2) is 9.97 Å². The second kappa shape index (κ2) is 4.78. The summed E-state index contributed by atoms with van der Waals surface area (Å²) in [5.41, 5.74) is -0.0497. The van der Waals surface area contributed by atoms with Gasteiger partial charge < -0.3 is 10.1 Å². The molecule has 1 aromatic rings. The topological polar surface area (TPSA) is 47.0 Å². The van der Waals surface area contributed by atoms with Crippen molar-refractivity contribution in [2.24, 2.45) is 0 Å². The van der Waals surface area contributed by atoms with Crippen molar-refractivity contribution in [3.8, 4) is 0 Å². The van der Waals surface area contributed by atoms with E-state index in [0.717, 1.165) is 24.7 Å². The van der Waals surface area contributed by atoms with Crippen LogP contribution in [-0.4, -0.2) is 28.7 Å². The van der Waals surface area contributed by atoms with E-state index in [1.54, 1.807) is 6.07 Å². The van der Waals surface area contributed by atoms with E-state index in [9.17, 15) is 0 Å². The van der Waals surface area contributed by atoms with E-state index in [2.05, 4.69) is 36.1 Å². The van der Waals surface area contributed by atoms with Crippen LogP contribution in [0.15, 0.2) is 6.07 Å². The molecule has 0 aliphatic carbocycles. The average Bonchev–Trinajstić information content (AvgIpc) is 2.63. The molecule has 0 bridgehead atoms. The first-order valence-corrected chi connectivity index (χ1v) is 6.27. The Balaban J connectivity index is 2.20. The van der Waals surface area contributed by atoms with Gasteiger partial charge in [0.2, 0.25) is 0 Å². The Kier molecular flexibility index (Phi) is 3.54. The summed E-state index contributed by atoms with van der Waals surface area (Å²) >= 11 is 6.00. The van der Waals surface area contributed by atoms with E-state index >= 15 is 0 Å².